The number of hydrogen-bond donors (Lipinski definition) is 1. The SMILES string of the molecule is CC1=C(CCOc2ccc(CCCN)cc2)N(OCCC(=O)OCc2ccccc2)[C@H](c2ccccc2)O1. The maximum absolute atomic E-state index is 12.3. The van der Waals surface area contributed by atoms with Gasteiger partial charge >= 0.3 is 5.97 Å². The van der Waals surface area contributed by atoms with Gasteiger partial charge in [0, 0.05) is 12.0 Å². The van der Waals surface area contributed by atoms with Crippen LogP contribution < -0.4 is 10.5 Å². The average Bonchev–Trinajstić information content (AvgIpc) is 3.27. The number of benzene rings is 3. The van der Waals surface area contributed by atoms with Gasteiger partial charge in [-0.2, -0.15) is 0 Å². The van der Waals surface area contributed by atoms with Crippen molar-refractivity contribution in [3.63, 3.8) is 0 Å². The van der Waals surface area contributed by atoms with Crippen molar-refractivity contribution in [2.24, 2.45) is 5.73 Å². The van der Waals surface area contributed by atoms with E-state index in [0.29, 0.717) is 19.6 Å². The molecule has 0 bridgehead atoms. The molecule has 1 aliphatic heterocycles. The van der Waals surface area contributed by atoms with E-state index < -0.39 is 6.23 Å². The molecule has 0 saturated carbocycles. The van der Waals surface area contributed by atoms with Gasteiger partial charge in [0.1, 0.15) is 18.1 Å². The standard InChI is InChI=1S/C31H36N2O5/c1-24-29(18-21-35-28-16-14-25(15-17-28)11-8-20-32)33(31(38-24)27-12-6-3-7-13-27)37-22-19-30(34)36-23-26-9-4-2-5-10-26/h2-7,9-10,12-17,31H,8,11,18-23,32H2,1H3/t31-/m0/s1. The molecular formula is C31H36N2O5. The molecule has 1 aliphatic rings. The zero-order chi connectivity index (χ0) is 26.6. The molecule has 0 spiro atoms. The van der Waals surface area contributed by atoms with Gasteiger partial charge in [-0.1, -0.05) is 72.8 Å². The number of esters is 1. The highest BCUT2D eigenvalue weighted by Gasteiger charge is 2.34. The van der Waals surface area contributed by atoms with Gasteiger partial charge in [0.2, 0.25) is 6.23 Å². The summed E-state index contributed by atoms with van der Waals surface area (Å²) in [5.74, 6) is 1.27. The first kappa shape index (κ1) is 27.2. The summed E-state index contributed by atoms with van der Waals surface area (Å²) < 4.78 is 17.6. The largest absolute Gasteiger partial charge is 0.493 e. The van der Waals surface area contributed by atoms with Crippen molar-refractivity contribution in [1.82, 2.24) is 5.06 Å². The Morgan fingerprint density at radius 1 is 0.895 bits per heavy atom. The number of carbonyl (C=O) groups is 1. The lowest BCUT2D eigenvalue weighted by molar-refractivity contribution is -0.205. The summed E-state index contributed by atoms with van der Waals surface area (Å²) in [4.78, 5) is 18.4. The number of nitrogens with zero attached hydrogens (tertiary/aromatic N) is 1. The van der Waals surface area contributed by atoms with Gasteiger partial charge in [0.25, 0.3) is 0 Å². The molecule has 3 aromatic rings. The summed E-state index contributed by atoms with van der Waals surface area (Å²) in [7, 11) is 0. The highest BCUT2D eigenvalue weighted by Crippen LogP contribution is 2.38. The highest BCUT2D eigenvalue weighted by molar-refractivity contribution is 5.69. The van der Waals surface area contributed by atoms with Crippen LogP contribution in [0.15, 0.2) is 96.4 Å². The molecule has 1 atom stereocenters. The molecule has 0 amide bonds. The van der Waals surface area contributed by atoms with Crippen LogP contribution in [-0.2, 0) is 32.1 Å². The maximum atomic E-state index is 12.3. The minimum atomic E-state index is -0.437. The number of ether oxygens (including phenoxy) is 3. The smallest absolute Gasteiger partial charge is 0.308 e. The van der Waals surface area contributed by atoms with Crippen LogP contribution in [0.1, 0.15) is 49.1 Å². The second-order valence-electron chi connectivity index (χ2n) is 9.07. The normalized spacial score (nSPS) is 14.9. The first-order valence-corrected chi connectivity index (χ1v) is 13.1. The summed E-state index contributed by atoms with van der Waals surface area (Å²) in [6.07, 6.45) is 2.21. The second-order valence-corrected chi connectivity index (χ2v) is 9.07. The van der Waals surface area contributed by atoms with Gasteiger partial charge < -0.3 is 19.9 Å². The number of hydrogen-bond acceptors (Lipinski definition) is 7. The molecule has 0 aromatic heterocycles. The summed E-state index contributed by atoms with van der Waals surface area (Å²) in [5.41, 5.74) is 9.65. The van der Waals surface area contributed by atoms with Gasteiger partial charge in [-0.3, -0.25) is 9.63 Å². The molecule has 2 N–H and O–H groups in total. The number of aryl methyl sites for hydroxylation is 1. The Kier molecular flexibility index (Phi) is 10.2. The molecule has 0 aliphatic carbocycles. The summed E-state index contributed by atoms with van der Waals surface area (Å²) in [5, 5.41) is 1.76. The minimum Gasteiger partial charge on any atom is -0.493 e. The lowest BCUT2D eigenvalue weighted by Gasteiger charge is -2.27. The summed E-state index contributed by atoms with van der Waals surface area (Å²) >= 11 is 0. The summed E-state index contributed by atoms with van der Waals surface area (Å²) in [6.45, 7) is 3.48. The van der Waals surface area contributed by atoms with Crippen LogP contribution in [0, 0.1) is 0 Å². The van der Waals surface area contributed by atoms with Crippen LogP contribution in [0.3, 0.4) is 0 Å². The van der Waals surface area contributed by atoms with Crippen molar-refractivity contribution in [2.45, 2.75) is 45.4 Å². The van der Waals surface area contributed by atoms with E-state index in [9.17, 15) is 4.79 Å². The van der Waals surface area contributed by atoms with Crippen molar-refractivity contribution in [1.29, 1.82) is 0 Å². The maximum Gasteiger partial charge on any atom is 0.308 e. The fraction of sp³-hybridized carbons (Fsp3) is 0.323. The molecule has 7 nitrogen and oxygen atoms in total. The van der Waals surface area contributed by atoms with Crippen LogP contribution in [0.2, 0.25) is 0 Å². The molecule has 200 valence electrons. The Hall–Kier alpha value is -3.81. The van der Waals surface area contributed by atoms with E-state index in [2.05, 4.69) is 12.1 Å². The molecule has 3 aromatic carbocycles. The molecule has 38 heavy (non-hydrogen) atoms. The second kappa shape index (κ2) is 14.2. The number of carbonyl (C=O) groups excluding carboxylic acids is 1. The third kappa shape index (κ3) is 7.84. The van der Waals surface area contributed by atoms with E-state index in [1.807, 2.05) is 79.7 Å². The third-order valence-corrected chi connectivity index (χ3v) is 6.24. The molecule has 0 unspecified atom stereocenters. The number of rotatable bonds is 14. The Morgan fingerprint density at radius 3 is 2.32 bits per heavy atom. The van der Waals surface area contributed by atoms with Gasteiger partial charge in [-0.05, 0) is 49.6 Å². The van der Waals surface area contributed by atoms with E-state index in [1.54, 1.807) is 5.06 Å². The van der Waals surface area contributed by atoms with Crippen LogP contribution in [0.25, 0.3) is 0 Å². The average molecular weight is 517 g/mol. The number of nitrogens with two attached hydrogens (primary N) is 1. The minimum absolute atomic E-state index is 0.129. The van der Waals surface area contributed by atoms with Crippen LogP contribution >= 0.6 is 0 Å². The molecule has 7 heteroatoms. The summed E-state index contributed by atoms with van der Waals surface area (Å²) in [6, 6.07) is 27.6. The predicted molar refractivity (Wildman–Crippen MR) is 146 cm³/mol. The third-order valence-electron chi connectivity index (χ3n) is 6.24. The van der Waals surface area contributed by atoms with Crippen LogP contribution in [0.4, 0.5) is 0 Å². The molecule has 1 heterocycles. The first-order valence-electron chi connectivity index (χ1n) is 13.1. The zero-order valence-electron chi connectivity index (χ0n) is 21.9. The predicted octanol–water partition coefficient (Wildman–Crippen LogP) is 5.67. The topological polar surface area (TPSA) is 83.2 Å². The van der Waals surface area contributed by atoms with Gasteiger partial charge in [-0.25, -0.2) is 5.06 Å². The zero-order valence-corrected chi connectivity index (χ0v) is 21.9. The van der Waals surface area contributed by atoms with Crippen molar-refractivity contribution < 1.29 is 23.8 Å². The van der Waals surface area contributed by atoms with E-state index in [0.717, 1.165) is 41.2 Å². The van der Waals surface area contributed by atoms with Gasteiger partial charge in [-0.15, -0.1) is 0 Å². The molecule has 0 saturated heterocycles. The van der Waals surface area contributed by atoms with Crippen molar-refractivity contribution in [2.75, 3.05) is 19.8 Å². The number of allylic oxidation sites excluding steroid dienone is 1. The van der Waals surface area contributed by atoms with Crippen molar-refractivity contribution in [3.05, 3.63) is 113 Å². The fourth-order valence-electron chi connectivity index (χ4n) is 4.19. The Labute approximate surface area is 224 Å². The lowest BCUT2D eigenvalue weighted by atomic mass is 10.1. The van der Waals surface area contributed by atoms with Crippen LogP contribution in [-0.4, -0.2) is 30.8 Å². The molecule has 4 rings (SSSR count). The highest BCUT2D eigenvalue weighted by atomic mass is 16.7. The monoisotopic (exact) mass is 516 g/mol. The molecular weight excluding hydrogens is 480 g/mol. The number of hydroxylamine groups is 2. The Bertz CT molecular complexity index is 1170. The lowest BCUT2D eigenvalue weighted by Crippen LogP contribution is -2.27. The Morgan fingerprint density at radius 2 is 1.61 bits per heavy atom. The van der Waals surface area contributed by atoms with Crippen LogP contribution in [0.5, 0.6) is 5.75 Å². The van der Waals surface area contributed by atoms with Crippen molar-refractivity contribution in [3.8, 4) is 5.75 Å². The van der Waals surface area contributed by atoms with Crippen molar-refractivity contribution >= 4 is 5.97 Å². The fourth-order valence-corrected chi connectivity index (χ4v) is 4.19. The quantitative estimate of drug-likeness (QED) is 0.276. The van der Waals surface area contributed by atoms with Gasteiger partial charge in [0.05, 0.1) is 25.3 Å². The molecule has 0 radical (unpaired) electrons. The van der Waals surface area contributed by atoms with Gasteiger partial charge in [0.15, 0.2) is 0 Å². The van der Waals surface area contributed by atoms with E-state index in [4.69, 9.17) is 24.8 Å². The van der Waals surface area contributed by atoms with E-state index in [-0.39, 0.29) is 25.6 Å². The first-order chi connectivity index (χ1) is 18.6. The van der Waals surface area contributed by atoms with E-state index >= 15 is 0 Å². The Balaban J connectivity index is 1.32. The van der Waals surface area contributed by atoms with E-state index in [1.165, 1.54) is 5.56 Å². The molecule has 0 fully saturated rings.